The predicted octanol–water partition coefficient (Wildman–Crippen LogP) is 3.74. The molecule has 0 unspecified atom stereocenters. The summed E-state index contributed by atoms with van der Waals surface area (Å²) in [6.45, 7) is 2.05. The van der Waals surface area contributed by atoms with Crippen LogP contribution < -0.4 is 5.32 Å². The number of amides is 1. The number of nitrogens with one attached hydrogen (secondary N) is 1. The molecule has 3 nitrogen and oxygen atoms in total. The Hall–Kier alpha value is -2.55. The number of rotatable bonds is 2. The highest BCUT2D eigenvalue weighted by Gasteiger charge is 2.13. The second-order valence-corrected chi connectivity index (χ2v) is 4.97. The molecule has 20 heavy (non-hydrogen) atoms. The highest BCUT2D eigenvalue weighted by Crippen LogP contribution is 2.21. The largest absolute Gasteiger partial charge is 0.340 e. The van der Waals surface area contributed by atoms with Crippen LogP contribution in [0.25, 0.3) is 10.9 Å². The molecule has 0 saturated heterocycles. The lowest BCUT2D eigenvalue weighted by Crippen LogP contribution is -2.15. The number of fused-ring (bicyclic) bond motifs is 1. The maximum absolute atomic E-state index is 12.4. The van der Waals surface area contributed by atoms with E-state index >= 15 is 0 Å². The third kappa shape index (κ3) is 2.18. The van der Waals surface area contributed by atoms with Gasteiger partial charge in [-0.2, -0.15) is 0 Å². The number of aromatic nitrogens is 1. The van der Waals surface area contributed by atoms with Crippen molar-refractivity contribution in [2.24, 2.45) is 7.05 Å². The monoisotopic (exact) mass is 264 g/mol. The Morgan fingerprint density at radius 3 is 2.55 bits per heavy atom. The number of hydrogen-bond donors (Lipinski definition) is 1. The number of nitrogens with zero attached hydrogens (tertiary/aromatic N) is 1. The van der Waals surface area contributed by atoms with Crippen molar-refractivity contribution in [3.63, 3.8) is 0 Å². The summed E-state index contributed by atoms with van der Waals surface area (Å²) in [6, 6.07) is 17.6. The fraction of sp³-hybridized carbons (Fsp3) is 0.118. The van der Waals surface area contributed by atoms with Crippen LogP contribution in [0.15, 0.2) is 54.6 Å². The van der Waals surface area contributed by atoms with E-state index in [1.165, 1.54) is 5.56 Å². The van der Waals surface area contributed by atoms with Gasteiger partial charge in [-0.1, -0.05) is 29.8 Å². The van der Waals surface area contributed by atoms with Gasteiger partial charge in [0.25, 0.3) is 5.91 Å². The molecule has 0 radical (unpaired) electrons. The Labute approximate surface area is 117 Å². The topological polar surface area (TPSA) is 34.0 Å². The van der Waals surface area contributed by atoms with Crippen LogP contribution in [-0.4, -0.2) is 10.5 Å². The fourth-order valence-corrected chi connectivity index (χ4v) is 2.40. The Kier molecular flexibility index (Phi) is 3.03. The maximum atomic E-state index is 12.4. The van der Waals surface area contributed by atoms with Crippen molar-refractivity contribution in [1.29, 1.82) is 0 Å². The molecule has 3 aromatic rings. The molecule has 0 aliphatic heterocycles. The first-order valence-electron chi connectivity index (χ1n) is 6.57. The summed E-state index contributed by atoms with van der Waals surface area (Å²) in [5.41, 5.74) is 3.72. The van der Waals surface area contributed by atoms with E-state index in [1.54, 1.807) is 0 Å². The second-order valence-electron chi connectivity index (χ2n) is 4.97. The lowest BCUT2D eigenvalue weighted by Gasteiger charge is -2.06. The van der Waals surface area contributed by atoms with Crippen LogP contribution in [0, 0.1) is 6.92 Å². The molecule has 0 aliphatic rings. The van der Waals surface area contributed by atoms with Gasteiger partial charge in [-0.25, -0.2) is 0 Å². The minimum absolute atomic E-state index is 0.0902. The van der Waals surface area contributed by atoms with E-state index in [4.69, 9.17) is 0 Å². The van der Waals surface area contributed by atoms with Crippen molar-refractivity contribution < 1.29 is 4.79 Å². The minimum atomic E-state index is -0.0902. The molecule has 1 aromatic heterocycles. The van der Waals surface area contributed by atoms with E-state index in [0.29, 0.717) is 5.69 Å². The number of benzene rings is 2. The predicted molar refractivity (Wildman–Crippen MR) is 82.1 cm³/mol. The first-order chi connectivity index (χ1) is 9.65. The van der Waals surface area contributed by atoms with Gasteiger partial charge in [0.05, 0.1) is 0 Å². The van der Waals surface area contributed by atoms with Crippen LogP contribution in [0.2, 0.25) is 0 Å². The molecule has 100 valence electrons. The first kappa shape index (κ1) is 12.5. The van der Waals surface area contributed by atoms with Gasteiger partial charge in [0.1, 0.15) is 5.69 Å². The van der Waals surface area contributed by atoms with Crippen LogP contribution in [0.5, 0.6) is 0 Å². The lowest BCUT2D eigenvalue weighted by molar-refractivity contribution is 0.102. The molecule has 3 rings (SSSR count). The molecule has 0 atom stereocenters. The van der Waals surface area contributed by atoms with Crippen molar-refractivity contribution in [2.75, 3.05) is 5.32 Å². The van der Waals surface area contributed by atoms with Gasteiger partial charge in [-0.3, -0.25) is 4.79 Å². The standard InChI is InChI=1S/C17H16N2O/c1-12-8-9-15-13(10-12)11-16(19(15)2)17(20)18-14-6-4-3-5-7-14/h3-11H,1-2H3,(H,18,20). The van der Waals surface area contributed by atoms with Crippen molar-refractivity contribution in [2.45, 2.75) is 6.92 Å². The fourth-order valence-electron chi connectivity index (χ4n) is 2.40. The molecular weight excluding hydrogens is 248 g/mol. The number of hydrogen-bond acceptors (Lipinski definition) is 1. The molecular formula is C17H16N2O. The van der Waals surface area contributed by atoms with Crippen LogP contribution in [0.1, 0.15) is 16.1 Å². The summed E-state index contributed by atoms with van der Waals surface area (Å²) in [4.78, 5) is 12.4. The summed E-state index contributed by atoms with van der Waals surface area (Å²) in [7, 11) is 1.91. The van der Waals surface area contributed by atoms with Crippen LogP contribution in [-0.2, 0) is 7.05 Å². The summed E-state index contributed by atoms with van der Waals surface area (Å²) in [5.74, 6) is -0.0902. The number of aryl methyl sites for hydroxylation is 2. The van der Waals surface area contributed by atoms with Crippen molar-refractivity contribution in [3.8, 4) is 0 Å². The van der Waals surface area contributed by atoms with Crippen LogP contribution in [0.3, 0.4) is 0 Å². The average Bonchev–Trinajstić information content (AvgIpc) is 2.76. The second kappa shape index (κ2) is 4.85. The zero-order chi connectivity index (χ0) is 14.1. The van der Waals surface area contributed by atoms with Crippen molar-refractivity contribution in [3.05, 3.63) is 65.9 Å². The van der Waals surface area contributed by atoms with Crippen LogP contribution >= 0.6 is 0 Å². The van der Waals surface area contributed by atoms with E-state index in [0.717, 1.165) is 16.6 Å². The van der Waals surface area contributed by atoms with Gasteiger partial charge in [0.2, 0.25) is 0 Å². The highest BCUT2D eigenvalue weighted by atomic mass is 16.1. The molecule has 0 bridgehead atoms. The molecule has 0 fully saturated rings. The van der Waals surface area contributed by atoms with Crippen molar-refractivity contribution in [1.82, 2.24) is 4.57 Å². The van der Waals surface area contributed by atoms with E-state index < -0.39 is 0 Å². The van der Waals surface area contributed by atoms with E-state index in [2.05, 4.69) is 24.4 Å². The highest BCUT2D eigenvalue weighted by molar-refractivity contribution is 6.06. The molecule has 0 saturated carbocycles. The lowest BCUT2D eigenvalue weighted by atomic mass is 10.2. The quantitative estimate of drug-likeness (QED) is 0.751. The number of carbonyl (C=O) groups is 1. The molecule has 0 spiro atoms. The van der Waals surface area contributed by atoms with Crippen molar-refractivity contribution >= 4 is 22.5 Å². The molecule has 1 heterocycles. The third-order valence-electron chi connectivity index (χ3n) is 3.46. The Morgan fingerprint density at radius 2 is 1.80 bits per heavy atom. The van der Waals surface area contributed by atoms with E-state index in [1.807, 2.05) is 54.1 Å². The normalized spacial score (nSPS) is 10.7. The smallest absolute Gasteiger partial charge is 0.272 e. The summed E-state index contributed by atoms with van der Waals surface area (Å²) >= 11 is 0. The number of anilines is 1. The molecule has 3 heteroatoms. The maximum Gasteiger partial charge on any atom is 0.272 e. The van der Waals surface area contributed by atoms with E-state index in [9.17, 15) is 4.79 Å². The Balaban J connectivity index is 1.97. The minimum Gasteiger partial charge on any atom is -0.340 e. The van der Waals surface area contributed by atoms with E-state index in [-0.39, 0.29) is 5.91 Å². The zero-order valence-corrected chi connectivity index (χ0v) is 11.6. The van der Waals surface area contributed by atoms with Gasteiger partial charge < -0.3 is 9.88 Å². The van der Waals surface area contributed by atoms with Gasteiger partial charge in [0, 0.05) is 23.6 Å². The van der Waals surface area contributed by atoms with Gasteiger partial charge in [-0.05, 0) is 37.3 Å². The van der Waals surface area contributed by atoms with Gasteiger partial charge in [0.15, 0.2) is 0 Å². The third-order valence-corrected chi connectivity index (χ3v) is 3.46. The first-order valence-corrected chi connectivity index (χ1v) is 6.57. The van der Waals surface area contributed by atoms with Gasteiger partial charge >= 0.3 is 0 Å². The number of carbonyl (C=O) groups excluding carboxylic acids is 1. The average molecular weight is 264 g/mol. The van der Waals surface area contributed by atoms with Gasteiger partial charge in [-0.15, -0.1) is 0 Å². The Morgan fingerprint density at radius 1 is 1.05 bits per heavy atom. The zero-order valence-electron chi connectivity index (χ0n) is 11.6. The summed E-state index contributed by atoms with van der Waals surface area (Å²) in [5, 5.41) is 4.00. The van der Waals surface area contributed by atoms with Crippen LogP contribution in [0.4, 0.5) is 5.69 Å². The molecule has 1 N–H and O–H groups in total. The summed E-state index contributed by atoms with van der Waals surface area (Å²) in [6.07, 6.45) is 0. The molecule has 0 aliphatic carbocycles. The Bertz CT molecular complexity index is 772. The molecule has 1 amide bonds. The molecule has 2 aromatic carbocycles. The number of para-hydroxylation sites is 1. The SMILES string of the molecule is Cc1ccc2c(c1)cc(C(=O)Nc1ccccc1)n2C. The summed E-state index contributed by atoms with van der Waals surface area (Å²) < 4.78 is 1.92.